The van der Waals surface area contributed by atoms with E-state index < -0.39 is 11.7 Å². The predicted molar refractivity (Wildman–Crippen MR) is 70.3 cm³/mol. The number of nitrogens with one attached hydrogen (secondary N) is 2. The first kappa shape index (κ1) is 13.4. The van der Waals surface area contributed by atoms with Crippen LogP contribution in [0.15, 0.2) is 18.2 Å². The normalized spacial score (nSPS) is 18.8. The number of halogens is 3. The lowest BCUT2D eigenvalue weighted by Gasteiger charge is -2.28. The van der Waals surface area contributed by atoms with Gasteiger partial charge in [0.1, 0.15) is 0 Å². The van der Waals surface area contributed by atoms with E-state index in [2.05, 4.69) is 10.6 Å². The van der Waals surface area contributed by atoms with Crippen molar-refractivity contribution in [3.05, 3.63) is 23.8 Å². The van der Waals surface area contributed by atoms with Crippen molar-refractivity contribution in [1.82, 2.24) is 0 Å². The number of alkyl halides is 3. The second-order valence-electron chi connectivity index (χ2n) is 4.26. The van der Waals surface area contributed by atoms with Crippen LogP contribution in [-0.2, 0) is 6.18 Å². The van der Waals surface area contributed by atoms with Crippen molar-refractivity contribution in [2.75, 3.05) is 29.2 Å². The number of anilines is 2. The molecular formula is C12H15F3N2S. The Kier molecular flexibility index (Phi) is 3.94. The minimum atomic E-state index is -4.29. The maximum absolute atomic E-state index is 12.6. The monoisotopic (exact) mass is 276 g/mol. The molecule has 1 unspecified atom stereocenters. The molecule has 0 spiro atoms. The molecule has 1 aliphatic heterocycles. The van der Waals surface area contributed by atoms with Crippen molar-refractivity contribution in [2.45, 2.75) is 18.6 Å². The van der Waals surface area contributed by atoms with Gasteiger partial charge in [-0.25, -0.2) is 0 Å². The summed E-state index contributed by atoms with van der Waals surface area (Å²) in [6, 6.07) is 4.05. The fourth-order valence-electron chi connectivity index (χ4n) is 1.93. The van der Waals surface area contributed by atoms with Crippen LogP contribution in [0.25, 0.3) is 0 Å². The Morgan fingerprint density at radius 1 is 1.33 bits per heavy atom. The minimum absolute atomic E-state index is 0.279. The maximum atomic E-state index is 12.6. The first-order valence-electron chi connectivity index (χ1n) is 5.71. The third kappa shape index (κ3) is 3.04. The van der Waals surface area contributed by atoms with Gasteiger partial charge in [-0.1, -0.05) is 0 Å². The van der Waals surface area contributed by atoms with Crippen molar-refractivity contribution in [3.63, 3.8) is 0 Å². The van der Waals surface area contributed by atoms with E-state index in [1.807, 2.05) is 6.26 Å². The summed E-state index contributed by atoms with van der Waals surface area (Å²) in [5.41, 5.74) is 0.670. The molecule has 0 saturated heterocycles. The van der Waals surface area contributed by atoms with Crippen molar-refractivity contribution in [2.24, 2.45) is 0 Å². The zero-order valence-electron chi connectivity index (χ0n) is 9.97. The smallest absolute Gasteiger partial charge is 0.381 e. The van der Waals surface area contributed by atoms with Crippen LogP contribution in [0.5, 0.6) is 0 Å². The van der Waals surface area contributed by atoms with Gasteiger partial charge in [0, 0.05) is 12.6 Å². The second kappa shape index (κ2) is 5.30. The highest BCUT2D eigenvalue weighted by Gasteiger charge is 2.31. The van der Waals surface area contributed by atoms with E-state index in [-0.39, 0.29) is 6.04 Å². The van der Waals surface area contributed by atoms with E-state index in [1.165, 1.54) is 6.07 Å². The van der Waals surface area contributed by atoms with E-state index in [1.54, 1.807) is 11.8 Å². The number of thioether (sulfide) groups is 1. The molecule has 0 radical (unpaired) electrons. The fraction of sp³-hybridized carbons (Fsp3) is 0.500. The molecule has 100 valence electrons. The van der Waals surface area contributed by atoms with Gasteiger partial charge < -0.3 is 10.6 Å². The van der Waals surface area contributed by atoms with Crippen molar-refractivity contribution in [3.8, 4) is 0 Å². The summed E-state index contributed by atoms with van der Waals surface area (Å²) in [6.07, 6.45) is -1.25. The molecule has 0 saturated carbocycles. The Morgan fingerprint density at radius 2 is 2.11 bits per heavy atom. The molecule has 0 bridgehead atoms. The lowest BCUT2D eigenvalue weighted by atomic mass is 10.1. The molecule has 0 aliphatic carbocycles. The number of hydrogen-bond donors (Lipinski definition) is 2. The van der Waals surface area contributed by atoms with Crippen LogP contribution in [0.1, 0.15) is 12.0 Å². The highest BCUT2D eigenvalue weighted by atomic mass is 32.2. The van der Waals surface area contributed by atoms with E-state index in [9.17, 15) is 13.2 Å². The standard InChI is InChI=1S/C12H15F3N2S/c1-18-5-4-9-7-16-11-6-8(12(13,14)15)2-3-10(11)17-9/h2-3,6,9,16-17H,4-5,7H2,1H3. The van der Waals surface area contributed by atoms with Crippen LogP contribution in [0.4, 0.5) is 24.5 Å². The van der Waals surface area contributed by atoms with Gasteiger partial charge in [-0.05, 0) is 36.6 Å². The van der Waals surface area contributed by atoms with Gasteiger partial charge in [0.05, 0.1) is 16.9 Å². The average molecular weight is 276 g/mol. The molecule has 1 aromatic carbocycles. The van der Waals surface area contributed by atoms with Gasteiger partial charge in [0.15, 0.2) is 0 Å². The van der Waals surface area contributed by atoms with E-state index in [0.717, 1.165) is 30.0 Å². The average Bonchev–Trinajstić information content (AvgIpc) is 2.34. The maximum Gasteiger partial charge on any atom is 0.416 e. The van der Waals surface area contributed by atoms with Gasteiger partial charge >= 0.3 is 6.18 Å². The Bertz CT molecular complexity index is 420. The molecule has 1 aromatic rings. The molecule has 1 aliphatic rings. The number of rotatable bonds is 3. The van der Waals surface area contributed by atoms with Gasteiger partial charge in [-0.3, -0.25) is 0 Å². The molecule has 1 atom stereocenters. The van der Waals surface area contributed by atoms with Crippen LogP contribution in [-0.4, -0.2) is 24.6 Å². The van der Waals surface area contributed by atoms with Gasteiger partial charge in [-0.15, -0.1) is 0 Å². The molecule has 2 N–H and O–H groups in total. The van der Waals surface area contributed by atoms with Crippen LogP contribution < -0.4 is 10.6 Å². The van der Waals surface area contributed by atoms with E-state index >= 15 is 0 Å². The molecular weight excluding hydrogens is 261 g/mol. The first-order chi connectivity index (χ1) is 8.50. The number of benzene rings is 1. The molecule has 6 heteroatoms. The van der Waals surface area contributed by atoms with Crippen LogP contribution >= 0.6 is 11.8 Å². The lowest BCUT2D eigenvalue weighted by molar-refractivity contribution is -0.137. The molecule has 0 aromatic heterocycles. The third-order valence-electron chi connectivity index (χ3n) is 2.92. The molecule has 18 heavy (non-hydrogen) atoms. The molecule has 1 heterocycles. The van der Waals surface area contributed by atoms with Crippen molar-refractivity contribution < 1.29 is 13.2 Å². The molecule has 2 nitrogen and oxygen atoms in total. The second-order valence-corrected chi connectivity index (χ2v) is 5.25. The fourth-order valence-corrected chi connectivity index (χ4v) is 2.45. The molecule has 0 amide bonds. The third-order valence-corrected chi connectivity index (χ3v) is 3.56. The van der Waals surface area contributed by atoms with Crippen LogP contribution in [0, 0.1) is 0 Å². The number of hydrogen-bond acceptors (Lipinski definition) is 3. The van der Waals surface area contributed by atoms with E-state index in [4.69, 9.17) is 0 Å². The summed E-state index contributed by atoms with van der Waals surface area (Å²) in [6.45, 7) is 0.662. The summed E-state index contributed by atoms with van der Waals surface area (Å²) in [7, 11) is 0. The summed E-state index contributed by atoms with van der Waals surface area (Å²) in [5, 5.41) is 6.33. The topological polar surface area (TPSA) is 24.1 Å². The van der Waals surface area contributed by atoms with Gasteiger partial charge in [0.25, 0.3) is 0 Å². The summed E-state index contributed by atoms with van der Waals surface area (Å²) >= 11 is 1.77. The summed E-state index contributed by atoms with van der Waals surface area (Å²) in [4.78, 5) is 0. The lowest BCUT2D eigenvalue weighted by Crippen LogP contribution is -2.33. The summed E-state index contributed by atoms with van der Waals surface area (Å²) < 4.78 is 37.7. The first-order valence-corrected chi connectivity index (χ1v) is 7.10. The quantitative estimate of drug-likeness (QED) is 0.881. The Morgan fingerprint density at radius 3 is 2.78 bits per heavy atom. The van der Waals surface area contributed by atoms with Gasteiger partial charge in [0.2, 0.25) is 0 Å². The van der Waals surface area contributed by atoms with Gasteiger partial charge in [-0.2, -0.15) is 24.9 Å². The highest BCUT2D eigenvalue weighted by Crippen LogP contribution is 2.35. The Labute approximate surface area is 108 Å². The SMILES string of the molecule is CSCCC1CNc2cc(C(F)(F)F)ccc2N1. The van der Waals surface area contributed by atoms with Crippen molar-refractivity contribution in [1.29, 1.82) is 0 Å². The molecule has 0 fully saturated rings. The highest BCUT2D eigenvalue weighted by molar-refractivity contribution is 7.98. The van der Waals surface area contributed by atoms with Crippen LogP contribution in [0.2, 0.25) is 0 Å². The molecule has 2 rings (SSSR count). The number of fused-ring (bicyclic) bond motifs is 1. The predicted octanol–water partition coefficient (Wildman–Crippen LogP) is 3.66. The van der Waals surface area contributed by atoms with Crippen LogP contribution in [0.3, 0.4) is 0 Å². The van der Waals surface area contributed by atoms with Crippen molar-refractivity contribution >= 4 is 23.1 Å². The Hall–Kier alpha value is -1.04. The zero-order chi connectivity index (χ0) is 13.2. The zero-order valence-corrected chi connectivity index (χ0v) is 10.8. The Balaban J connectivity index is 2.11. The van der Waals surface area contributed by atoms with E-state index in [0.29, 0.717) is 12.2 Å². The minimum Gasteiger partial charge on any atom is -0.381 e. The largest absolute Gasteiger partial charge is 0.416 e. The summed E-state index contributed by atoms with van der Waals surface area (Å²) in [5.74, 6) is 1.04.